The number of benzene rings is 2. The molecule has 0 saturated carbocycles. The predicted molar refractivity (Wildman–Crippen MR) is 117 cm³/mol. The van der Waals surface area contributed by atoms with Crippen LogP contribution < -0.4 is 5.32 Å². The zero-order valence-corrected chi connectivity index (χ0v) is 17.9. The maximum atomic E-state index is 14.7. The Hall–Kier alpha value is -3.24. The molecule has 4 nitrogen and oxygen atoms in total. The van der Waals surface area contributed by atoms with E-state index in [1.165, 1.54) is 18.2 Å². The van der Waals surface area contributed by atoms with Crippen LogP contribution in [0.2, 0.25) is 0 Å². The molecule has 2 atom stereocenters. The maximum absolute atomic E-state index is 14.7. The molecule has 0 spiro atoms. The smallest absolute Gasteiger partial charge is 0.300 e. The average molecular weight is 439 g/mol. The molecule has 4 rings (SSSR count). The number of hydrogen-bond acceptors (Lipinski definition) is 2. The summed E-state index contributed by atoms with van der Waals surface area (Å²) >= 11 is 0. The standard InChI is InChI=1S/C25H24F3N3O/c1-4-6-11-29-21-14-19-18-12-17(27)13-20(28)23(18)30-24(19)25(3,31(21)22(32)5-2)15-7-9-16(26)10-8-15/h2,7-10,12-13,21,29-30H,4,6,11,14H2,1,3H3. The van der Waals surface area contributed by atoms with Crippen molar-refractivity contribution in [2.75, 3.05) is 6.54 Å². The summed E-state index contributed by atoms with van der Waals surface area (Å²) in [5.74, 6) is -0.181. The van der Waals surface area contributed by atoms with Crippen molar-refractivity contribution in [2.24, 2.45) is 0 Å². The van der Waals surface area contributed by atoms with Crippen LogP contribution in [-0.2, 0) is 16.8 Å². The van der Waals surface area contributed by atoms with E-state index in [0.29, 0.717) is 35.2 Å². The first kappa shape index (κ1) is 22.0. The van der Waals surface area contributed by atoms with Gasteiger partial charge in [0.15, 0.2) is 0 Å². The zero-order chi connectivity index (χ0) is 23.0. The number of nitrogens with one attached hydrogen (secondary N) is 2. The summed E-state index contributed by atoms with van der Waals surface area (Å²) in [7, 11) is 0. The molecule has 2 aromatic carbocycles. The van der Waals surface area contributed by atoms with E-state index in [0.717, 1.165) is 18.9 Å². The summed E-state index contributed by atoms with van der Waals surface area (Å²) in [6.07, 6.45) is 7.16. The van der Waals surface area contributed by atoms with E-state index < -0.39 is 35.1 Å². The van der Waals surface area contributed by atoms with Gasteiger partial charge in [0.1, 0.15) is 23.0 Å². The zero-order valence-electron chi connectivity index (χ0n) is 17.9. The molecule has 1 aromatic heterocycles. The lowest BCUT2D eigenvalue weighted by Gasteiger charge is -2.49. The third kappa shape index (κ3) is 3.45. The molecule has 3 aromatic rings. The van der Waals surface area contributed by atoms with E-state index in [4.69, 9.17) is 6.42 Å². The normalized spacial score (nSPS) is 20.2. The topological polar surface area (TPSA) is 48.1 Å². The summed E-state index contributed by atoms with van der Waals surface area (Å²) < 4.78 is 42.5. The third-order valence-electron chi connectivity index (χ3n) is 6.27. The van der Waals surface area contributed by atoms with Crippen LogP contribution in [0.4, 0.5) is 13.2 Å². The van der Waals surface area contributed by atoms with E-state index in [2.05, 4.69) is 23.1 Å². The number of aromatic amines is 1. The molecule has 32 heavy (non-hydrogen) atoms. The number of fused-ring (bicyclic) bond motifs is 3. The van der Waals surface area contributed by atoms with Crippen molar-refractivity contribution in [1.29, 1.82) is 0 Å². The van der Waals surface area contributed by atoms with Crippen LogP contribution in [0, 0.1) is 29.8 Å². The predicted octanol–water partition coefficient (Wildman–Crippen LogP) is 4.58. The number of rotatable bonds is 5. The first-order valence-corrected chi connectivity index (χ1v) is 10.6. The summed E-state index contributed by atoms with van der Waals surface area (Å²) in [5, 5.41) is 3.80. The van der Waals surface area contributed by atoms with Crippen molar-refractivity contribution in [1.82, 2.24) is 15.2 Å². The summed E-state index contributed by atoms with van der Waals surface area (Å²) in [6, 6.07) is 7.87. The fourth-order valence-electron chi connectivity index (χ4n) is 4.70. The van der Waals surface area contributed by atoms with Gasteiger partial charge < -0.3 is 9.88 Å². The molecule has 2 unspecified atom stereocenters. The van der Waals surface area contributed by atoms with Crippen molar-refractivity contribution in [3.05, 3.63) is 70.7 Å². The molecule has 166 valence electrons. The second kappa shape index (κ2) is 8.36. The van der Waals surface area contributed by atoms with E-state index in [1.807, 2.05) is 0 Å². The molecule has 0 aliphatic carbocycles. The summed E-state index contributed by atoms with van der Waals surface area (Å²) in [6.45, 7) is 4.47. The van der Waals surface area contributed by atoms with Crippen LogP contribution in [0.5, 0.6) is 0 Å². The highest BCUT2D eigenvalue weighted by Gasteiger charge is 2.48. The second-order valence-corrected chi connectivity index (χ2v) is 8.21. The first-order valence-electron chi connectivity index (χ1n) is 10.6. The van der Waals surface area contributed by atoms with Crippen molar-refractivity contribution < 1.29 is 18.0 Å². The van der Waals surface area contributed by atoms with Crippen molar-refractivity contribution in [3.8, 4) is 12.3 Å². The number of carbonyl (C=O) groups is 1. The van der Waals surface area contributed by atoms with Crippen LogP contribution in [-0.4, -0.2) is 28.5 Å². The monoisotopic (exact) mass is 439 g/mol. The number of nitrogens with zero attached hydrogens (tertiary/aromatic N) is 1. The molecule has 0 radical (unpaired) electrons. The van der Waals surface area contributed by atoms with Gasteiger partial charge in [-0.2, -0.15) is 0 Å². The largest absolute Gasteiger partial charge is 0.354 e. The van der Waals surface area contributed by atoms with Crippen LogP contribution >= 0.6 is 0 Å². The second-order valence-electron chi connectivity index (χ2n) is 8.21. The number of H-pyrrole nitrogens is 1. The van der Waals surface area contributed by atoms with Crippen LogP contribution in [0.3, 0.4) is 0 Å². The Labute approximate surface area is 184 Å². The van der Waals surface area contributed by atoms with Gasteiger partial charge in [0.05, 0.1) is 11.7 Å². The van der Waals surface area contributed by atoms with E-state index in [1.54, 1.807) is 24.0 Å². The van der Waals surface area contributed by atoms with Gasteiger partial charge in [0, 0.05) is 23.6 Å². The highest BCUT2D eigenvalue weighted by molar-refractivity contribution is 5.95. The number of halogens is 3. The Morgan fingerprint density at radius 2 is 1.97 bits per heavy atom. The molecular formula is C25H24F3N3O. The molecule has 2 N–H and O–H groups in total. The highest BCUT2D eigenvalue weighted by atomic mass is 19.1. The minimum absolute atomic E-state index is 0.159. The maximum Gasteiger partial charge on any atom is 0.300 e. The third-order valence-corrected chi connectivity index (χ3v) is 6.27. The molecule has 0 bridgehead atoms. The van der Waals surface area contributed by atoms with Gasteiger partial charge in [-0.25, -0.2) is 13.2 Å². The quantitative estimate of drug-likeness (QED) is 0.452. The Kier molecular flexibility index (Phi) is 5.74. The van der Waals surface area contributed by atoms with Gasteiger partial charge in [-0.3, -0.25) is 10.1 Å². The molecule has 0 fully saturated rings. The minimum Gasteiger partial charge on any atom is -0.354 e. The molecule has 0 saturated heterocycles. The number of carbonyl (C=O) groups excluding carboxylic acids is 1. The fraction of sp³-hybridized carbons (Fsp3) is 0.320. The molecule has 1 amide bonds. The van der Waals surface area contributed by atoms with Gasteiger partial charge in [0.2, 0.25) is 0 Å². The highest BCUT2D eigenvalue weighted by Crippen LogP contribution is 2.45. The number of terminal acetylenes is 1. The molecule has 7 heteroatoms. The Morgan fingerprint density at radius 3 is 2.62 bits per heavy atom. The first-order chi connectivity index (χ1) is 15.3. The van der Waals surface area contributed by atoms with Gasteiger partial charge in [0.25, 0.3) is 0 Å². The summed E-state index contributed by atoms with van der Waals surface area (Å²) in [4.78, 5) is 17.7. The number of aromatic nitrogens is 1. The Bertz CT molecular complexity index is 1210. The van der Waals surface area contributed by atoms with Crippen molar-refractivity contribution in [2.45, 2.75) is 44.8 Å². The molecule has 1 aliphatic heterocycles. The lowest BCUT2D eigenvalue weighted by atomic mass is 9.79. The van der Waals surface area contributed by atoms with Crippen LogP contribution in [0.15, 0.2) is 36.4 Å². The average Bonchev–Trinajstić information content (AvgIpc) is 3.13. The SMILES string of the molecule is C#CC(=O)N1C(NCCCC)Cc2c([nH]c3c(F)cc(F)cc23)C1(C)c1ccc(F)cc1. The lowest BCUT2D eigenvalue weighted by molar-refractivity contribution is -0.135. The van der Waals surface area contributed by atoms with Crippen molar-refractivity contribution in [3.63, 3.8) is 0 Å². The van der Waals surface area contributed by atoms with Gasteiger partial charge in [-0.1, -0.05) is 25.5 Å². The number of unbranched alkanes of at least 4 members (excludes halogenated alkanes) is 1. The number of amides is 1. The van der Waals surface area contributed by atoms with Gasteiger partial charge in [-0.05, 0) is 55.1 Å². The van der Waals surface area contributed by atoms with Crippen LogP contribution in [0.25, 0.3) is 10.9 Å². The van der Waals surface area contributed by atoms with E-state index in [-0.39, 0.29) is 5.52 Å². The fourth-order valence-corrected chi connectivity index (χ4v) is 4.70. The summed E-state index contributed by atoms with van der Waals surface area (Å²) in [5.41, 5.74) is 0.808. The van der Waals surface area contributed by atoms with E-state index >= 15 is 0 Å². The molecular weight excluding hydrogens is 415 g/mol. The van der Waals surface area contributed by atoms with E-state index in [9.17, 15) is 18.0 Å². The Morgan fingerprint density at radius 1 is 1.25 bits per heavy atom. The molecule has 1 aliphatic rings. The van der Waals surface area contributed by atoms with Gasteiger partial charge in [-0.15, -0.1) is 6.42 Å². The van der Waals surface area contributed by atoms with Crippen LogP contribution in [0.1, 0.15) is 43.5 Å². The van der Waals surface area contributed by atoms with Gasteiger partial charge >= 0.3 is 5.91 Å². The lowest BCUT2D eigenvalue weighted by Crippen LogP contribution is -2.62. The number of hydrogen-bond donors (Lipinski definition) is 2. The minimum atomic E-state index is -1.17. The molecule has 2 heterocycles. The van der Waals surface area contributed by atoms with Crippen molar-refractivity contribution >= 4 is 16.8 Å². The Balaban J connectivity index is 2.00.